The lowest BCUT2D eigenvalue weighted by molar-refractivity contribution is 0.0974. The van der Waals surface area contributed by atoms with Crippen molar-refractivity contribution in [2.75, 3.05) is 6.61 Å². The van der Waals surface area contributed by atoms with Crippen LogP contribution >= 0.6 is 11.3 Å². The third kappa shape index (κ3) is 2.30. The first-order valence-electron chi connectivity index (χ1n) is 4.50. The fourth-order valence-corrected chi connectivity index (χ4v) is 2.59. The molecule has 0 aliphatic carbocycles. The smallest absolute Gasteiger partial charge is 0.0778 e. The molecule has 2 nitrogen and oxygen atoms in total. The van der Waals surface area contributed by atoms with Gasteiger partial charge < -0.3 is 4.84 Å². The molecule has 13 heavy (non-hydrogen) atoms. The number of hydrogen-bond donors (Lipinski definition) is 1. The van der Waals surface area contributed by atoms with Crippen LogP contribution in [0.2, 0.25) is 0 Å². The van der Waals surface area contributed by atoms with Crippen LogP contribution in [0.15, 0.2) is 11.4 Å². The summed E-state index contributed by atoms with van der Waals surface area (Å²) in [6.45, 7) is 7.06. The van der Waals surface area contributed by atoms with Crippen LogP contribution in [0, 0.1) is 0 Å². The quantitative estimate of drug-likeness (QED) is 0.756. The van der Waals surface area contributed by atoms with Gasteiger partial charge in [0.25, 0.3) is 0 Å². The number of aryl methyl sites for hydroxylation is 1. The van der Waals surface area contributed by atoms with Crippen molar-refractivity contribution in [1.29, 1.82) is 0 Å². The van der Waals surface area contributed by atoms with Crippen LogP contribution in [0.1, 0.15) is 31.2 Å². The van der Waals surface area contributed by atoms with Gasteiger partial charge in [0.15, 0.2) is 0 Å². The van der Waals surface area contributed by atoms with Crippen LogP contribution in [-0.4, -0.2) is 6.61 Å². The van der Waals surface area contributed by atoms with E-state index in [0.29, 0.717) is 6.61 Å². The van der Waals surface area contributed by atoms with Crippen molar-refractivity contribution in [2.45, 2.75) is 32.6 Å². The van der Waals surface area contributed by atoms with Gasteiger partial charge in [-0.1, -0.05) is 20.8 Å². The van der Waals surface area contributed by atoms with Crippen LogP contribution in [0.3, 0.4) is 0 Å². The van der Waals surface area contributed by atoms with Gasteiger partial charge >= 0.3 is 0 Å². The zero-order valence-electron chi connectivity index (χ0n) is 8.46. The lowest BCUT2D eigenvalue weighted by Gasteiger charge is -2.23. The molecular weight excluding hydrogens is 182 g/mol. The standard InChI is InChI=1S/C10H17NOS/c1-4-8-5-6-13-9(8)10(2,3)7-12-11/h5-6H,4,7,11H2,1-3H3. The van der Waals surface area contributed by atoms with Crippen molar-refractivity contribution in [3.05, 3.63) is 21.9 Å². The first-order valence-corrected chi connectivity index (χ1v) is 5.38. The molecule has 0 amide bonds. The average Bonchev–Trinajstić information content (AvgIpc) is 2.51. The molecule has 0 saturated heterocycles. The summed E-state index contributed by atoms with van der Waals surface area (Å²) in [4.78, 5) is 6.13. The van der Waals surface area contributed by atoms with Crippen molar-refractivity contribution in [2.24, 2.45) is 5.90 Å². The highest BCUT2D eigenvalue weighted by Crippen LogP contribution is 2.31. The molecule has 0 saturated carbocycles. The highest BCUT2D eigenvalue weighted by molar-refractivity contribution is 7.10. The number of nitrogens with two attached hydrogens (primary N) is 1. The summed E-state index contributed by atoms with van der Waals surface area (Å²) in [5, 5.41) is 2.13. The normalized spacial score (nSPS) is 12.0. The predicted octanol–water partition coefficient (Wildman–Crippen LogP) is 2.48. The molecule has 0 fully saturated rings. The zero-order valence-corrected chi connectivity index (χ0v) is 9.28. The number of rotatable bonds is 4. The van der Waals surface area contributed by atoms with E-state index in [-0.39, 0.29) is 5.41 Å². The molecule has 0 spiro atoms. The Balaban J connectivity index is 2.91. The molecule has 1 aromatic rings. The van der Waals surface area contributed by atoms with E-state index in [1.165, 1.54) is 10.4 Å². The summed E-state index contributed by atoms with van der Waals surface area (Å²) in [6.07, 6.45) is 1.08. The van der Waals surface area contributed by atoms with Crippen LogP contribution < -0.4 is 5.90 Å². The fraction of sp³-hybridized carbons (Fsp3) is 0.600. The van der Waals surface area contributed by atoms with E-state index in [0.717, 1.165) is 6.42 Å². The SMILES string of the molecule is CCc1ccsc1C(C)(C)CON. The Bertz CT molecular complexity index is 268. The lowest BCUT2D eigenvalue weighted by Crippen LogP contribution is -2.26. The molecule has 0 unspecified atom stereocenters. The van der Waals surface area contributed by atoms with Crippen LogP contribution in [0.4, 0.5) is 0 Å². The third-order valence-corrected chi connectivity index (χ3v) is 3.51. The second-order valence-corrected chi connectivity index (χ2v) is 4.74. The van der Waals surface area contributed by atoms with Crippen LogP contribution in [0.5, 0.6) is 0 Å². The number of hydrogen-bond acceptors (Lipinski definition) is 3. The minimum atomic E-state index is 0.0360. The average molecular weight is 199 g/mol. The summed E-state index contributed by atoms with van der Waals surface area (Å²) in [5.41, 5.74) is 1.45. The van der Waals surface area contributed by atoms with Crippen molar-refractivity contribution in [3.8, 4) is 0 Å². The second-order valence-electron chi connectivity index (χ2n) is 3.82. The van der Waals surface area contributed by atoms with Crippen LogP contribution in [0.25, 0.3) is 0 Å². The molecule has 0 bridgehead atoms. The van der Waals surface area contributed by atoms with E-state index in [2.05, 4.69) is 32.2 Å². The zero-order chi connectivity index (χ0) is 9.90. The largest absolute Gasteiger partial charge is 0.304 e. The summed E-state index contributed by atoms with van der Waals surface area (Å²) in [6, 6.07) is 2.18. The van der Waals surface area contributed by atoms with Gasteiger partial charge in [0.05, 0.1) is 6.61 Å². The summed E-state index contributed by atoms with van der Waals surface area (Å²) >= 11 is 1.79. The second kappa shape index (κ2) is 4.22. The van der Waals surface area contributed by atoms with Gasteiger partial charge in [-0.15, -0.1) is 11.3 Å². The summed E-state index contributed by atoms with van der Waals surface area (Å²) in [7, 11) is 0. The van der Waals surface area contributed by atoms with E-state index < -0.39 is 0 Å². The van der Waals surface area contributed by atoms with Crippen molar-refractivity contribution in [1.82, 2.24) is 0 Å². The summed E-state index contributed by atoms with van der Waals surface area (Å²) < 4.78 is 0. The monoisotopic (exact) mass is 199 g/mol. The first kappa shape index (κ1) is 10.7. The Morgan fingerprint density at radius 3 is 2.77 bits per heavy atom. The van der Waals surface area contributed by atoms with Crippen molar-refractivity contribution < 1.29 is 4.84 Å². The Morgan fingerprint density at radius 2 is 2.23 bits per heavy atom. The molecule has 2 N–H and O–H groups in total. The Kier molecular flexibility index (Phi) is 3.47. The topological polar surface area (TPSA) is 35.2 Å². The van der Waals surface area contributed by atoms with Crippen LogP contribution in [-0.2, 0) is 16.7 Å². The van der Waals surface area contributed by atoms with E-state index in [4.69, 9.17) is 10.7 Å². The lowest BCUT2D eigenvalue weighted by atomic mass is 9.89. The molecule has 3 heteroatoms. The minimum Gasteiger partial charge on any atom is -0.304 e. The van der Waals surface area contributed by atoms with Gasteiger partial charge in [0, 0.05) is 10.3 Å². The molecule has 0 aliphatic rings. The van der Waals surface area contributed by atoms with E-state index in [1.807, 2.05) is 0 Å². The van der Waals surface area contributed by atoms with E-state index in [9.17, 15) is 0 Å². The predicted molar refractivity (Wildman–Crippen MR) is 56.9 cm³/mol. The van der Waals surface area contributed by atoms with Gasteiger partial charge in [-0.25, -0.2) is 5.90 Å². The van der Waals surface area contributed by atoms with Gasteiger partial charge in [-0.2, -0.15) is 0 Å². The number of thiophene rings is 1. The maximum Gasteiger partial charge on any atom is 0.0778 e. The van der Waals surface area contributed by atoms with Gasteiger partial charge in [0.1, 0.15) is 0 Å². The first-order chi connectivity index (χ1) is 6.11. The molecule has 0 radical (unpaired) electrons. The van der Waals surface area contributed by atoms with Crippen molar-refractivity contribution in [3.63, 3.8) is 0 Å². The molecular formula is C10H17NOS. The molecule has 0 atom stereocenters. The Morgan fingerprint density at radius 1 is 1.54 bits per heavy atom. The highest BCUT2D eigenvalue weighted by Gasteiger charge is 2.24. The molecule has 1 rings (SSSR count). The third-order valence-electron chi connectivity index (χ3n) is 2.19. The molecule has 1 heterocycles. The minimum absolute atomic E-state index is 0.0360. The highest BCUT2D eigenvalue weighted by atomic mass is 32.1. The van der Waals surface area contributed by atoms with Gasteiger partial charge in [0.2, 0.25) is 0 Å². The van der Waals surface area contributed by atoms with Gasteiger partial charge in [-0.05, 0) is 23.4 Å². The van der Waals surface area contributed by atoms with E-state index in [1.54, 1.807) is 11.3 Å². The van der Waals surface area contributed by atoms with Gasteiger partial charge in [-0.3, -0.25) is 0 Å². The Hall–Kier alpha value is -0.380. The fourth-order valence-electron chi connectivity index (χ4n) is 1.48. The summed E-state index contributed by atoms with van der Waals surface area (Å²) in [5.74, 6) is 5.12. The Labute approximate surface area is 83.7 Å². The molecule has 1 aromatic heterocycles. The maximum atomic E-state index is 5.12. The van der Waals surface area contributed by atoms with E-state index >= 15 is 0 Å². The molecule has 0 aliphatic heterocycles. The molecule has 74 valence electrons. The van der Waals surface area contributed by atoms with Crippen molar-refractivity contribution >= 4 is 11.3 Å². The molecule has 0 aromatic carbocycles. The maximum absolute atomic E-state index is 5.12.